The quantitative estimate of drug-likeness (QED) is 0.543. The van der Waals surface area contributed by atoms with Crippen LogP contribution in [0.25, 0.3) is 10.9 Å². The lowest BCUT2D eigenvalue weighted by Gasteiger charge is -2.23. The second kappa shape index (κ2) is 9.06. The van der Waals surface area contributed by atoms with Crippen LogP contribution in [0.2, 0.25) is 0 Å². The maximum Gasteiger partial charge on any atom is 0.257 e. The van der Waals surface area contributed by atoms with Gasteiger partial charge in [0.05, 0.1) is 23.7 Å². The highest BCUT2D eigenvalue weighted by Gasteiger charge is 2.23. The van der Waals surface area contributed by atoms with Crippen LogP contribution in [-0.2, 0) is 13.1 Å². The minimum atomic E-state index is -0.0708. The van der Waals surface area contributed by atoms with E-state index in [4.69, 9.17) is 0 Å². The first-order chi connectivity index (χ1) is 14.6. The fourth-order valence-electron chi connectivity index (χ4n) is 4.53. The minimum absolute atomic E-state index is 0.0458. The van der Waals surface area contributed by atoms with Gasteiger partial charge in [-0.1, -0.05) is 31.4 Å². The Morgan fingerprint density at radius 2 is 2.00 bits per heavy atom. The molecule has 1 aromatic carbocycles. The summed E-state index contributed by atoms with van der Waals surface area (Å²) in [6.07, 6.45) is 5.91. The molecule has 3 N–H and O–H groups in total. The number of fused-ring (bicyclic) bond motifs is 1. The number of tetrazole rings is 1. The van der Waals surface area contributed by atoms with Gasteiger partial charge in [0.1, 0.15) is 19.6 Å². The summed E-state index contributed by atoms with van der Waals surface area (Å²) >= 11 is 0. The van der Waals surface area contributed by atoms with Crippen LogP contribution >= 0.6 is 0 Å². The summed E-state index contributed by atoms with van der Waals surface area (Å²) in [4.78, 5) is 16.9. The fraction of sp³-hybridized carbons (Fsp3) is 0.545. The molecule has 2 heterocycles. The number of H-pyrrole nitrogens is 1. The molecule has 1 aliphatic carbocycles. The van der Waals surface area contributed by atoms with Crippen molar-refractivity contribution >= 4 is 10.9 Å². The second-order valence-corrected chi connectivity index (χ2v) is 8.50. The van der Waals surface area contributed by atoms with Crippen LogP contribution in [0, 0.1) is 13.8 Å². The molecule has 2 aromatic heterocycles. The van der Waals surface area contributed by atoms with Crippen molar-refractivity contribution in [3.63, 3.8) is 0 Å². The van der Waals surface area contributed by atoms with Crippen molar-refractivity contribution in [2.75, 3.05) is 13.2 Å². The number of quaternary nitrogens is 1. The molecule has 1 saturated carbocycles. The number of pyridine rings is 1. The number of rotatable bonds is 7. The molecule has 0 aliphatic heterocycles. The van der Waals surface area contributed by atoms with Gasteiger partial charge >= 0.3 is 0 Å². The van der Waals surface area contributed by atoms with Crippen LogP contribution in [-0.4, -0.2) is 43.4 Å². The van der Waals surface area contributed by atoms with E-state index in [9.17, 15) is 9.90 Å². The number of nitrogens with one attached hydrogen (secondary N) is 2. The summed E-state index contributed by atoms with van der Waals surface area (Å²) in [7, 11) is 0. The summed E-state index contributed by atoms with van der Waals surface area (Å²) in [6, 6.07) is 6.46. The van der Waals surface area contributed by atoms with Crippen molar-refractivity contribution in [2.24, 2.45) is 0 Å². The van der Waals surface area contributed by atoms with Crippen molar-refractivity contribution in [1.82, 2.24) is 25.2 Å². The third-order valence-corrected chi connectivity index (χ3v) is 6.42. The van der Waals surface area contributed by atoms with Gasteiger partial charge in [0.25, 0.3) is 5.56 Å². The third kappa shape index (κ3) is 4.29. The maximum absolute atomic E-state index is 12.8. The maximum atomic E-state index is 12.8. The Labute approximate surface area is 175 Å². The largest absolute Gasteiger partial charge is 0.391 e. The number of hydrogen-bond acceptors (Lipinski definition) is 5. The molecule has 8 nitrogen and oxygen atoms in total. The minimum Gasteiger partial charge on any atom is -0.391 e. The first kappa shape index (κ1) is 20.7. The Bertz CT molecular complexity index is 1070. The molecule has 0 saturated heterocycles. The Morgan fingerprint density at radius 3 is 2.77 bits per heavy atom. The molecule has 1 atom stereocenters. The summed E-state index contributed by atoms with van der Waals surface area (Å²) < 4.78 is 1.97. The molecule has 1 aliphatic rings. The normalized spacial score (nSPS) is 16.2. The van der Waals surface area contributed by atoms with Crippen LogP contribution in [0.3, 0.4) is 0 Å². The monoisotopic (exact) mass is 411 g/mol. The highest BCUT2D eigenvalue weighted by molar-refractivity contribution is 5.83. The van der Waals surface area contributed by atoms with E-state index in [1.54, 1.807) is 0 Å². The van der Waals surface area contributed by atoms with Gasteiger partial charge < -0.3 is 15.0 Å². The van der Waals surface area contributed by atoms with Gasteiger partial charge in [-0.05, 0) is 59.7 Å². The molecule has 3 aromatic rings. The molecule has 160 valence electrons. The van der Waals surface area contributed by atoms with E-state index in [1.807, 2.05) is 30.7 Å². The predicted octanol–water partition coefficient (Wildman–Crippen LogP) is 1.21. The van der Waals surface area contributed by atoms with E-state index in [0.29, 0.717) is 31.2 Å². The van der Waals surface area contributed by atoms with Crippen LogP contribution < -0.4 is 10.5 Å². The Balaban J connectivity index is 1.58. The van der Waals surface area contributed by atoms with Crippen LogP contribution in [0.15, 0.2) is 23.0 Å². The van der Waals surface area contributed by atoms with Crippen molar-refractivity contribution in [1.29, 1.82) is 0 Å². The number of aliphatic hydroxyl groups excluding tert-OH is 1. The van der Waals surface area contributed by atoms with Gasteiger partial charge in [-0.2, -0.15) is 0 Å². The standard InChI is InChI=1S/C22H30N6O2/c1-15-8-9-17-12-18(22(30)23-21(17)16(15)2)13-27(10-11-29)14-20-24-25-26-28(20)19-6-4-3-5-7-19/h8-9,12,19,29H,3-7,10-11,13-14H2,1-2H3,(H,23,30)/p+1. The van der Waals surface area contributed by atoms with E-state index in [0.717, 1.165) is 45.6 Å². The van der Waals surface area contributed by atoms with Gasteiger partial charge in [-0.15, -0.1) is 5.10 Å². The number of aryl methyl sites for hydroxylation is 2. The van der Waals surface area contributed by atoms with Gasteiger partial charge in [-0.3, -0.25) is 4.79 Å². The Kier molecular flexibility index (Phi) is 6.24. The summed E-state index contributed by atoms with van der Waals surface area (Å²) in [5.74, 6) is 0.828. The van der Waals surface area contributed by atoms with Crippen LogP contribution in [0.4, 0.5) is 0 Å². The molecule has 0 spiro atoms. The number of benzene rings is 1. The first-order valence-corrected chi connectivity index (χ1v) is 10.9. The van der Waals surface area contributed by atoms with E-state index >= 15 is 0 Å². The first-order valence-electron chi connectivity index (χ1n) is 10.9. The van der Waals surface area contributed by atoms with E-state index in [2.05, 4.69) is 26.6 Å². The van der Waals surface area contributed by atoms with Gasteiger partial charge in [0.15, 0.2) is 0 Å². The van der Waals surface area contributed by atoms with E-state index < -0.39 is 0 Å². The molecule has 0 bridgehead atoms. The zero-order chi connectivity index (χ0) is 21.1. The average molecular weight is 412 g/mol. The highest BCUT2D eigenvalue weighted by atomic mass is 16.3. The average Bonchev–Trinajstić information content (AvgIpc) is 3.21. The number of aromatic nitrogens is 5. The zero-order valence-corrected chi connectivity index (χ0v) is 17.8. The molecule has 0 amide bonds. The number of nitrogens with zero attached hydrogens (tertiary/aromatic N) is 4. The number of hydrogen-bond donors (Lipinski definition) is 3. The second-order valence-electron chi connectivity index (χ2n) is 8.50. The van der Waals surface area contributed by atoms with E-state index in [1.165, 1.54) is 19.3 Å². The number of aliphatic hydroxyl groups is 1. The molecule has 1 fully saturated rings. The van der Waals surface area contributed by atoms with Gasteiger partial charge in [0, 0.05) is 0 Å². The number of aromatic amines is 1. The van der Waals surface area contributed by atoms with Gasteiger partial charge in [0.2, 0.25) is 5.82 Å². The van der Waals surface area contributed by atoms with Crippen molar-refractivity contribution in [3.05, 3.63) is 51.1 Å². The smallest absolute Gasteiger partial charge is 0.257 e. The molecular formula is C22H31N6O2+. The van der Waals surface area contributed by atoms with E-state index in [-0.39, 0.29) is 12.2 Å². The topological polar surface area (TPSA) is 101 Å². The van der Waals surface area contributed by atoms with Gasteiger partial charge in [-0.25, -0.2) is 4.68 Å². The summed E-state index contributed by atoms with van der Waals surface area (Å²) in [6.45, 7) is 5.74. The third-order valence-electron chi connectivity index (χ3n) is 6.42. The lowest BCUT2D eigenvalue weighted by molar-refractivity contribution is -0.928. The SMILES string of the molecule is Cc1ccc2cc(C[NH+](CCO)Cc3nnnn3C3CCCCC3)c(=O)[nH]c2c1C. The summed E-state index contributed by atoms with van der Waals surface area (Å²) in [5, 5.41) is 23.1. The molecule has 1 unspecified atom stereocenters. The Hall–Kier alpha value is -2.58. The fourth-order valence-corrected chi connectivity index (χ4v) is 4.53. The van der Waals surface area contributed by atoms with Crippen LogP contribution in [0.5, 0.6) is 0 Å². The molecule has 8 heteroatoms. The predicted molar refractivity (Wildman–Crippen MR) is 114 cm³/mol. The zero-order valence-electron chi connectivity index (χ0n) is 17.8. The lowest BCUT2D eigenvalue weighted by atomic mass is 9.95. The lowest BCUT2D eigenvalue weighted by Crippen LogP contribution is -3.10. The summed E-state index contributed by atoms with van der Waals surface area (Å²) in [5.41, 5.74) is 3.80. The molecule has 4 rings (SSSR count). The molecular weight excluding hydrogens is 380 g/mol. The Morgan fingerprint density at radius 1 is 1.20 bits per heavy atom. The van der Waals surface area contributed by atoms with Crippen molar-refractivity contribution in [2.45, 2.75) is 65.1 Å². The van der Waals surface area contributed by atoms with Crippen molar-refractivity contribution in [3.8, 4) is 0 Å². The van der Waals surface area contributed by atoms with Crippen molar-refractivity contribution < 1.29 is 10.0 Å². The van der Waals surface area contributed by atoms with Crippen LogP contribution in [0.1, 0.15) is 60.7 Å². The molecule has 30 heavy (non-hydrogen) atoms. The highest BCUT2D eigenvalue weighted by Crippen LogP contribution is 2.27. The molecule has 0 radical (unpaired) electrons.